The molecule has 0 aliphatic rings. The second-order valence-corrected chi connectivity index (χ2v) is 5.28. The van der Waals surface area contributed by atoms with Gasteiger partial charge in [-0.3, -0.25) is 14.9 Å². The Labute approximate surface area is 123 Å². The van der Waals surface area contributed by atoms with Gasteiger partial charge in [0.25, 0.3) is 5.69 Å². The lowest BCUT2D eigenvalue weighted by atomic mass is 10.0. The molecule has 5 nitrogen and oxygen atoms in total. The Hall–Kier alpha value is -2.17. The minimum Gasteiger partial charge on any atom is -0.360 e. The predicted molar refractivity (Wildman–Crippen MR) is 82.7 cm³/mol. The fraction of sp³-hybridized carbons (Fsp3) is 0.438. The van der Waals surface area contributed by atoms with Gasteiger partial charge in [0.1, 0.15) is 0 Å². The van der Waals surface area contributed by atoms with Crippen molar-refractivity contribution in [3.8, 4) is 0 Å². The number of hydrogen-bond acceptors (Lipinski definition) is 3. The minimum atomic E-state index is -0.439. The number of nitrogens with one attached hydrogen (secondary N) is 1. The summed E-state index contributed by atoms with van der Waals surface area (Å²) in [5.74, 6) is 0.0539. The van der Waals surface area contributed by atoms with Gasteiger partial charge in [0.15, 0.2) is 5.78 Å². The molecule has 0 unspecified atom stereocenters. The molecule has 0 bridgehead atoms. The first-order valence-corrected chi connectivity index (χ1v) is 7.42. The third-order valence-electron chi connectivity index (χ3n) is 3.68. The maximum atomic E-state index is 12.2. The predicted octanol–water partition coefficient (Wildman–Crippen LogP) is 4.62. The lowest BCUT2D eigenvalue weighted by Gasteiger charge is -2.00. The van der Waals surface area contributed by atoms with Crippen LogP contribution >= 0.6 is 0 Å². The van der Waals surface area contributed by atoms with Crippen LogP contribution in [0.4, 0.5) is 5.69 Å². The van der Waals surface area contributed by atoms with E-state index in [2.05, 4.69) is 11.9 Å². The normalized spacial score (nSPS) is 10.9. The molecule has 1 N–H and O–H groups in total. The van der Waals surface area contributed by atoms with Crippen LogP contribution in [-0.2, 0) is 0 Å². The van der Waals surface area contributed by atoms with Crippen LogP contribution in [0.15, 0.2) is 24.4 Å². The number of carbonyl (C=O) groups is 1. The van der Waals surface area contributed by atoms with Gasteiger partial charge in [-0.25, -0.2) is 0 Å². The van der Waals surface area contributed by atoms with Crippen molar-refractivity contribution in [2.75, 3.05) is 0 Å². The highest BCUT2D eigenvalue weighted by atomic mass is 16.6. The molecule has 1 heterocycles. The van der Waals surface area contributed by atoms with Crippen molar-refractivity contribution in [3.05, 3.63) is 40.1 Å². The van der Waals surface area contributed by atoms with Gasteiger partial charge in [-0.2, -0.15) is 0 Å². The van der Waals surface area contributed by atoms with E-state index in [-0.39, 0.29) is 11.5 Å². The van der Waals surface area contributed by atoms with Crippen LogP contribution in [0.5, 0.6) is 0 Å². The molecule has 2 rings (SSSR count). The third-order valence-corrected chi connectivity index (χ3v) is 3.68. The first-order chi connectivity index (χ1) is 10.1. The molecule has 0 fully saturated rings. The number of Topliss-reactive ketones (excluding diaryl/α,β-unsaturated/α-hetero) is 1. The number of nitro groups is 1. The third kappa shape index (κ3) is 3.68. The molecule has 5 heteroatoms. The van der Waals surface area contributed by atoms with E-state index in [0.29, 0.717) is 17.4 Å². The van der Waals surface area contributed by atoms with E-state index in [9.17, 15) is 14.9 Å². The van der Waals surface area contributed by atoms with Gasteiger partial charge >= 0.3 is 0 Å². The van der Waals surface area contributed by atoms with Gasteiger partial charge in [-0.15, -0.1) is 0 Å². The molecule has 21 heavy (non-hydrogen) atoms. The SMILES string of the molecule is CCCCCCCC(=O)c1c[nH]c2ccc([N+](=O)[O-])cc12. The number of carbonyl (C=O) groups excluding carboxylic acids is 1. The Kier molecular flexibility index (Phi) is 5.09. The molecule has 1 aromatic heterocycles. The number of aromatic amines is 1. The molecule has 0 amide bonds. The van der Waals surface area contributed by atoms with Crippen molar-refractivity contribution in [1.29, 1.82) is 0 Å². The number of ketones is 1. The summed E-state index contributed by atoms with van der Waals surface area (Å²) >= 11 is 0. The van der Waals surface area contributed by atoms with E-state index in [1.165, 1.54) is 25.0 Å². The smallest absolute Gasteiger partial charge is 0.270 e. The van der Waals surface area contributed by atoms with E-state index in [1.807, 2.05) is 0 Å². The second kappa shape index (κ2) is 7.02. The van der Waals surface area contributed by atoms with Crippen LogP contribution in [0.1, 0.15) is 55.8 Å². The van der Waals surface area contributed by atoms with Crippen molar-refractivity contribution < 1.29 is 9.72 Å². The minimum absolute atomic E-state index is 0.0131. The molecule has 0 radical (unpaired) electrons. The largest absolute Gasteiger partial charge is 0.360 e. The summed E-state index contributed by atoms with van der Waals surface area (Å²) in [5, 5.41) is 11.5. The van der Waals surface area contributed by atoms with Crippen LogP contribution in [0.25, 0.3) is 10.9 Å². The highest BCUT2D eigenvalue weighted by Crippen LogP contribution is 2.25. The van der Waals surface area contributed by atoms with Gasteiger partial charge in [-0.05, 0) is 12.5 Å². The van der Waals surface area contributed by atoms with E-state index in [4.69, 9.17) is 0 Å². The van der Waals surface area contributed by atoms with Crippen molar-refractivity contribution in [3.63, 3.8) is 0 Å². The lowest BCUT2D eigenvalue weighted by molar-refractivity contribution is -0.384. The molecule has 0 saturated heterocycles. The number of fused-ring (bicyclic) bond motifs is 1. The first-order valence-electron chi connectivity index (χ1n) is 7.42. The molecule has 0 aliphatic carbocycles. The Morgan fingerprint density at radius 3 is 2.71 bits per heavy atom. The fourth-order valence-electron chi connectivity index (χ4n) is 2.48. The summed E-state index contributed by atoms with van der Waals surface area (Å²) in [6.45, 7) is 2.16. The second-order valence-electron chi connectivity index (χ2n) is 5.28. The maximum Gasteiger partial charge on any atom is 0.270 e. The number of hydrogen-bond donors (Lipinski definition) is 1. The quantitative estimate of drug-likeness (QED) is 0.333. The topological polar surface area (TPSA) is 76.0 Å². The van der Waals surface area contributed by atoms with E-state index in [1.54, 1.807) is 12.3 Å². The number of rotatable bonds is 8. The summed E-state index contributed by atoms with van der Waals surface area (Å²) in [6.07, 6.45) is 7.63. The van der Waals surface area contributed by atoms with Crippen molar-refractivity contribution in [1.82, 2.24) is 4.98 Å². The van der Waals surface area contributed by atoms with Gasteiger partial charge in [0, 0.05) is 41.2 Å². The van der Waals surface area contributed by atoms with Crippen LogP contribution < -0.4 is 0 Å². The fourth-order valence-corrected chi connectivity index (χ4v) is 2.48. The van der Waals surface area contributed by atoms with Gasteiger partial charge < -0.3 is 4.98 Å². The Morgan fingerprint density at radius 2 is 2.00 bits per heavy atom. The van der Waals surface area contributed by atoms with Gasteiger partial charge in [0.2, 0.25) is 0 Å². The molecule has 112 valence electrons. The summed E-state index contributed by atoms with van der Waals surface area (Å²) in [7, 11) is 0. The highest BCUT2D eigenvalue weighted by Gasteiger charge is 2.15. The molecule has 2 aromatic rings. The lowest BCUT2D eigenvalue weighted by Crippen LogP contribution is -1.98. The van der Waals surface area contributed by atoms with Crippen LogP contribution in [-0.4, -0.2) is 15.7 Å². The summed E-state index contributed by atoms with van der Waals surface area (Å²) in [6, 6.07) is 4.56. The number of nitrogens with zero attached hydrogens (tertiary/aromatic N) is 1. The zero-order chi connectivity index (χ0) is 15.2. The van der Waals surface area contributed by atoms with E-state index in [0.717, 1.165) is 24.8 Å². The molecule has 0 spiro atoms. The van der Waals surface area contributed by atoms with Crippen LogP contribution in [0, 0.1) is 10.1 Å². The Balaban J connectivity index is 2.08. The highest BCUT2D eigenvalue weighted by molar-refractivity contribution is 6.08. The summed E-state index contributed by atoms with van der Waals surface area (Å²) in [4.78, 5) is 25.6. The molecule has 0 saturated carbocycles. The van der Waals surface area contributed by atoms with Crippen molar-refractivity contribution in [2.24, 2.45) is 0 Å². The Bertz CT molecular complexity index is 646. The Morgan fingerprint density at radius 1 is 1.24 bits per heavy atom. The van der Waals surface area contributed by atoms with Crippen LogP contribution in [0.3, 0.4) is 0 Å². The van der Waals surface area contributed by atoms with Crippen LogP contribution in [0.2, 0.25) is 0 Å². The van der Waals surface area contributed by atoms with E-state index < -0.39 is 4.92 Å². The number of unbranched alkanes of at least 4 members (excludes halogenated alkanes) is 4. The monoisotopic (exact) mass is 288 g/mol. The first kappa shape index (κ1) is 15.2. The van der Waals surface area contributed by atoms with Gasteiger partial charge in [0.05, 0.1) is 4.92 Å². The number of benzene rings is 1. The van der Waals surface area contributed by atoms with Crippen molar-refractivity contribution in [2.45, 2.75) is 45.4 Å². The molecule has 0 atom stereocenters. The maximum absolute atomic E-state index is 12.2. The zero-order valence-electron chi connectivity index (χ0n) is 12.2. The average molecular weight is 288 g/mol. The number of aromatic nitrogens is 1. The summed E-state index contributed by atoms with van der Waals surface area (Å²) < 4.78 is 0. The van der Waals surface area contributed by atoms with E-state index >= 15 is 0 Å². The van der Waals surface area contributed by atoms with Gasteiger partial charge in [-0.1, -0.05) is 32.6 Å². The number of nitro benzene ring substituents is 1. The molecule has 1 aromatic carbocycles. The van der Waals surface area contributed by atoms with Crippen molar-refractivity contribution >= 4 is 22.4 Å². The average Bonchev–Trinajstić information content (AvgIpc) is 2.89. The zero-order valence-corrected chi connectivity index (χ0v) is 12.2. The number of non-ortho nitro benzene ring substituents is 1. The molecule has 0 aliphatic heterocycles. The molecular formula is C16H20N2O3. The number of H-pyrrole nitrogens is 1. The molecular weight excluding hydrogens is 268 g/mol. The summed E-state index contributed by atoms with van der Waals surface area (Å²) in [5.41, 5.74) is 1.33. The standard InChI is InChI=1S/C16H20N2O3/c1-2-3-4-5-6-7-16(19)14-11-17-15-9-8-12(18(20)21)10-13(14)15/h8-11,17H,2-7H2,1H3.